The fourth-order valence-corrected chi connectivity index (χ4v) is 3.76. The number of alkyl halides is 3. The van der Waals surface area contributed by atoms with Gasteiger partial charge in [0, 0.05) is 30.8 Å². The predicted octanol–water partition coefficient (Wildman–Crippen LogP) is 3.59. The van der Waals surface area contributed by atoms with E-state index < -0.39 is 11.9 Å². The zero-order valence-electron chi connectivity index (χ0n) is 15.4. The first-order valence-corrected chi connectivity index (χ1v) is 8.75. The van der Waals surface area contributed by atoms with Gasteiger partial charge in [0.2, 0.25) is 0 Å². The third-order valence-electron chi connectivity index (χ3n) is 5.03. The highest BCUT2D eigenvalue weighted by molar-refractivity contribution is 5.78. The van der Waals surface area contributed by atoms with Gasteiger partial charge in [0.05, 0.1) is 41.6 Å². The van der Waals surface area contributed by atoms with Gasteiger partial charge in [-0.05, 0) is 18.2 Å². The third kappa shape index (κ3) is 2.63. The van der Waals surface area contributed by atoms with Gasteiger partial charge in [-0.2, -0.15) is 23.4 Å². The molecule has 0 fully saturated rings. The Morgan fingerprint density at radius 1 is 1.21 bits per heavy atom. The SMILES string of the molecule is COc1ccc2c(c1)-c1[nH]ncc1Cc1c(-c3cn(C)nc3C(F)(F)F)ncn1-2. The molecule has 148 valence electrons. The van der Waals surface area contributed by atoms with Crippen LogP contribution >= 0.6 is 0 Å². The molecule has 0 amide bonds. The normalized spacial score (nSPS) is 12.9. The Bertz CT molecular complexity index is 1230. The minimum atomic E-state index is -4.58. The second-order valence-electron chi connectivity index (χ2n) is 6.80. The van der Waals surface area contributed by atoms with E-state index in [0.29, 0.717) is 17.9 Å². The van der Waals surface area contributed by atoms with E-state index in [1.807, 2.05) is 16.7 Å². The fraction of sp³-hybridized carbons (Fsp3) is 0.211. The van der Waals surface area contributed by atoms with E-state index in [4.69, 9.17) is 4.74 Å². The van der Waals surface area contributed by atoms with E-state index in [1.54, 1.807) is 25.7 Å². The molecule has 1 aromatic carbocycles. The van der Waals surface area contributed by atoms with Crippen molar-refractivity contribution < 1.29 is 17.9 Å². The molecule has 0 bridgehead atoms. The lowest BCUT2D eigenvalue weighted by Gasteiger charge is -2.11. The van der Waals surface area contributed by atoms with Gasteiger partial charge in [-0.25, -0.2) is 4.98 Å². The molecule has 4 aromatic rings. The number of rotatable bonds is 2. The van der Waals surface area contributed by atoms with Gasteiger partial charge < -0.3 is 9.30 Å². The first-order valence-electron chi connectivity index (χ1n) is 8.75. The number of nitrogens with zero attached hydrogens (tertiary/aromatic N) is 5. The molecular weight excluding hydrogens is 385 g/mol. The van der Waals surface area contributed by atoms with Gasteiger partial charge in [-0.15, -0.1) is 0 Å². The minimum Gasteiger partial charge on any atom is -0.497 e. The maximum Gasteiger partial charge on any atom is 0.435 e. The summed E-state index contributed by atoms with van der Waals surface area (Å²) in [6, 6.07) is 5.52. The number of ether oxygens (including phenoxy) is 1. The predicted molar refractivity (Wildman–Crippen MR) is 97.7 cm³/mol. The van der Waals surface area contributed by atoms with E-state index in [0.717, 1.165) is 27.2 Å². The quantitative estimate of drug-likeness (QED) is 0.492. The van der Waals surface area contributed by atoms with Crippen molar-refractivity contribution in [1.82, 2.24) is 29.5 Å². The molecule has 1 aliphatic heterocycles. The molecule has 0 radical (unpaired) electrons. The Labute approximate surface area is 162 Å². The Morgan fingerprint density at radius 2 is 2.03 bits per heavy atom. The number of aryl methyl sites for hydroxylation is 1. The minimum absolute atomic E-state index is 0.0456. The second-order valence-corrected chi connectivity index (χ2v) is 6.80. The van der Waals surface area contributed by atoms with Gasteiger partial charge in [0.1, 0.15) is 12.1 Å². The van der Waals surface area contributed by atoms with Crippen LogP contribution < -0.4 is 4.74 Å². The molecule has 5 rings (SSSR count). The van der Waals surface area contributed by atoms with E-state index in [1.165, 1.54) is 13.2 Å². The number of imidazole rings is 1. The standard InChI is InChI=1S/C19H15F3N6O/c1-27-8-13(18(26-27)19(20,21)22)17-15-5-10-7-24-25-16(10)12-6-11(29-2)3-4-14(12)28(15)9-23-17/h3-4,6-9H,5H2,1-2H3,(H,24,25). The average Bonchev–Trinajstić information content (AvgIpc) is 3.38. The molecule has 3 aromatic heterocycles. The zero-order chi connectivity index (χ0) is 20.3. The lowest BCUT2D eigenvalue weighted by atomic mass is 10.0. The summed E-state index contributed by atoms with van der Waals surface area (Å²) in [5.41, 5.74) is 3.16. The van der Waals surface area contributed by atoms with Gasteiger partial charge in [-0.1, -0.05) is 0 Å². The number of benzene rings is 1. The van der Waals surface area contributed by atoms with Crippen molar-refractivity contribution in [2.75, 3.05) is 7.11 Å². The van der Waals surface area contributed by atoms with E-state index in [2.05, 4.69) is 20.3 Å². The van der Waals surface area contributed by atoms with Crippen molar-refractivity contribution in [3.05, 3.63) is 53.9 Å². The molecule has 4 heterocycles. The topological polar surface area (TPSA) is 73.6 Å². The third-order valence-corrected chi connectivity index (χ3v) is 5.03. The Hall–Kier alpha value is -3.56. The first kappa shape index (κ1) is 17.5. The maximum atomic E-state index is 13.5. The van der Waals surface area contributed by atoms with Crippen LogP contribution in [0, 0.1) is 0 Å². The lowest BCUT2D eigenvalue weighted by Crippen LogP contribution is -2.09. The molecule has 29 heavy (non-hydrogen) atoms. The highest BCUT2D eigenvalue weighted by atomic mass is 19.4. The molecule has 1 aliphatic rings. The van der Waals surface area contributed by atoms with Gasteiger partial charge in [-0.3, -0.25) is 9.78 Å². The summed E-state index contributed by atoms with van der Waals surface area (Å²) in [6.07, 6.45) is 0.359. The summed E-state index contributed by atoms with van der Waals surface area (Å²) >= 11 is 0. The number of hydrogen-bond donors (Lipinski definition) is 1. The van der Waals surface area contributed by atoms with E-state index >= 15 is 0 Å². The number of hydrogen-bond acceptors (Lipinski definition) is 4. The van der Waals surface area contributed by atoms with Crippen LogP contribution in [0.5, 0.6) is 5.75 Å². The van der Waals surface area contributed by atoms with Crippen LogP contribution in [0.4, 0.5) is 13.2 Å². The van der Waals surface area contributed by atoms with Crippen LogP contribution in [-0.4, -0.2) is 36.6 Å². The summed E-state index contributed by atoms with van der Waals surface area (Å²) in [6.45, 7) is 0. The summed E-state index contributed by atoms with van der Waals surface area (Å²) in [4.78, 5) is 4.34. The van der Waals surface area contributed by atoms with Crippen LogP contribution in [0.3, 0.4) is 0 Å². The highest BCUT2D eigenvalue weighted by Crippen LogP contribution is 2.41. The highest BCUT2D eigenvalue weighted by Gasteiger charge is 2.39. The average molecular weight is 400 g/mol. The molecule has 0 atom stereocenters. The molecule has 0 saturated carbocycles. The molecule has 0 saturated heterocycles. The maximum absolute atomic E-state index is 13.5. The van der Waals surface area contributed by atoms with Crippen LogP contribution in [0.25, 0.3) is 28.2 Å². The van der Waals surface area contributed by atoms with Crippen LogP contribution in [0.1, 0.15) is 17.0 Å². The number of H-pyrrole nitrogens is 1. The van der Waals surface area contributed by atoms with Crippen molar-refractivity contribution in [3.63, 3.8) is 0 Å². The summed E-state index contributed by atoms with van der Waals surface area (Å²) in [5, 5.41) is 10.7. The van der Waals surface area contributed by atoms with Crippen molar-refractivity contribution in [3.8, 4) is 34.0 Å². The molecule has 0 spiro atoms. The molecule has 0 unspecified atom stereocenters. The Morgan fingerprint density at radius 3 is 2.79 bits per heavy atom. The van der Waals surface area contributed by atoms with Gasteiger partial charge in [0.25, 0.3) is 0 Å². The molecule has 0 aliphatic carbocycles. The van der Waals surface area contributed by atoms with Crippen molar-refractivity contribution in [2.45, 2.75) is 12.6 Å². The zero-order valence-corrected chi connectivity index (χ0v) is 15.4. The first-order chi connectivity index (χ1) is 13.9. The molecule has 1 N–H and O–H groups in total. The monoisotopic (exact) mass is 400 g/mol. The lowest BCUT2D eigenvalue weighted by molar-refractivity contribution is -0.141. The Balaban J connectivity index is 1.77. The van der Waals surface area contributed by atoms with Gasteiger partial charge >= 0.3 is 6.18 Å². The van der Waals surface area contributed by atoms with Crippen molar-refractivity contribution in [2.24, 2.45) is 7.05 Å². The van der Waals surface area contributed by atoms with Crippen LogP contribution in [-0.2, 0) is 19.6 Å². The van der Waals surface area contributed by atoms with Gasteiger partial charge in [0.15, 0.2) is 5.69 Å². The number of aromatic amines is 1. The number of aromatic nitrogens is 6. The van der Waals surface area contributed by atoms with E-state index in [9.17, 15) is 13.2 Å². The summed E-state index contributed by atoms with van der Waals surface area (Å²) < 4.78 is 48.9. The largest absolute Gasteiger partial charge is 0.497 e. The summed E-state index contributed by atoms with van der Waals surface area (Å²) in [5.74, 6) is 0.666. The smallest absolute Gasteiger partial charge is 0.435 e. The summed E-state index contributed by atoms with van der Waals surface area (Å²) in [7, 11) is 3.04. The number of halogens is 3. The fourth-order valence-electron chi connectivity index (χ4n) is 3.76. The molecule has 10 heteroatoms. The second kappa shape index (κ2) is 5.97. The molecular formula is C19H15F3N6O. The van der Waals surface area contributed by atoms with Crippen LogP contribution in [0.15, 0.2) is 36.9 Å². The number of methoxy groups -OCH3 is 1. The molecule has 7 nitrogen and oxygen atoms in total. The Kier molecular flexibility index (Phi) is 3.61. The van der Waals surface area contributed by atoms with Crippen molar-refractivity contribution in [1.29, 1.82) is 0 Å². The number of nitrogens with one attached hydrogen (secondary N) is 1. The van der Waals surface area contributed by atoms with Crippen LogP contribution in [0.2, 0.25) is 0 Å². The van der Waals surface area contributed by atoms with Crippen molar-refractivity contribution >= 4 is 0 Å². The van der Waals surface area contributed by atoms with E-state index in [-0.39, 0.29) is 11.3 Å². The number of fused-ring (bicyclic) bond motifs is 5.